The van der Waals surface area contributed by atoms with Crippen molar-refractivity contribution >= 4 is 11.9 Å². The number of esters is 1. The number of amides is 1. The van der Waals surface area contributed by atoms with Gasteiger partial charge in [0.2, 0.25) is 0 Å². The lowest BCUT2D eigenvalue weighted by Crippen LogP contribution is -2.32. The maximum atomic E-state index is 12.8. The lowest BCUT2D eigenvalue weighted by atomic mass is 10.0. The minimum absolute atomic E-state index is 0.00271. The molecule has 0 bridgehead atoms. The SMILES string of the molecule is CC[C@H](NC(=O)COC(=O)Cc1ccc(F)cc1)c1ccc(C)cc1. The van der Waals surface area contributed by atoms with E-state index in [1.165, 1.54) is 24.3 Å². The summed E-state index contributed by atoms with van der Waals surface area (Å²) in [5.41, 5.74) is 2.80. The largest absolute Gasteiger partial charge is 0.455 e. The second-order valence-corrected chi connectivity index (χ2v) is 5.90. The molecule has 0 aliphatic heterocycles. The fourth-order valence-corrected chi connectivity index (χ4v) is 2.42. The van der Waals surface area contributed by atoms with Crippen LogP contribution < -0.4 is 5.32 Å². The van der Waals surface area contributed by atoms with Crippen LogP contribution in [0.5, 0.6) is 0 Å². The number of hydrogen-bond acceptors (Lipinski definition) is 3. The minimum atomic E-state index is -0.523. The number of halogens is 1. The van der Waals surface area contributed by atoms with E-state index >= 15 is 0 Å². The first-order valence-corrected chi connectivity index (χ1v) is 8.24. The number of ether oxygens (including phenoxy) is 1. The summed E-state index contributed by atoms with van der Waals surface area (Å²) in [5, 5.41) is 2.86. The summed E-state index contributed by atoms with van der Waals surface area (Å²) >= 11 is 0. The van der Waals surface area contributed by atoms with E-state index < -0.39 is 5.97 Å². The average Bonchev–Trinajstić information content (AvgIpc) is 2.61. The van der Waals surface area contributed by atoms with E-state index in [-0.39, 0.29) is 30.8 Å². The van der Waals surface area contributed by atoms with E-state index in [0.717, 1.165) is 17.5 Å². The number of rotatable bonds is 7. The van der Waals surface area contributed by atoms with Crippen LogP contribution in [-0.2, 0) is 20.7 Å². The van der Waals surface area contributed by atoms with Gasteiger partial charge in [-0.1, -0.05) is 48.9 Å². The van der Waals surface area contributed by atoms with Gasteiger partial charge in [-0.2, -0.15) is 0 Å². The molecule has 0 spiro atoms. The zero-order valence-electron chi connectivity index (χ0n) is 14.4. The third-order valence-electron chi connectivity index (χ3n) is 3.85. The van der Waals surface area contributed by atoms with Crippen LogP contribution in [0, 0.1) is 12.7 Å². The smallest absolute Gasteiger partial charge is 0.310 e. The predicted octanol–water partition coefficient (Wildman–Crippen LogP) is 3.49. The molecular formula is C20H22FNO3. The third kappa shape index (κ3) is 6.03. The van der Waals surface area contributed by atoms with Crippen molar-refractivity contribution in [1.29, 1.82) is 0 Å². The van der Waals surface area contributed by atoms with Crippen molar-refractivity contribution in [2.24, 2.45) is 0 Å². The van der Waals surface area contributed by atoms with E-state index in [1.54, 1.807) is 0 Å². The molecule has 5 heteroatoms. The Morgan fingerprint density at radius 3 is 2.32 bits per heavy atom. The zero-order valence-corrected chi connectivity index (χ0v) is 14.4. The number of hydrogen-bond donors (Lipinski definition) is 1. The lowest BCUT2D eigenvalue weighted by Gasteiger charge is -2.17. The van der Waals surface area contributed by atoms with Crippen molar-refractivity contribution in [2.45, 2.75) is 32.7 Å². The third-order valence-corrected chi connectivity index (χ3v) is 3.85. The van der Waals surface area contributed by atoms with E-state index in [0.29, 0.717) is 5.56 Å². The first-order chi connectivity index (χ1) is 12.0. The molecule has 132 valence electrons. The molecule has 0 aromatic heterocycles. The van der Waals surface area contributed by atoms with E-state index in [4.69, 9.17) is 4.74 Å². The first-order valence-electron chi connectivity index (χ1n) is 8.24. The molecule has 0 fully saturated rings. The fourth-order valence-electron chi connectivity index (χ4n) is 2.42. The summed E-state index contributed by atoms with van der Waals surface area (Å²) in [6.45, 7) is 3.65. The predicted molar refractivity (Wildman–Crippen MR) is 93.4 cm³/mol. The zero-order chi connectivity index (χ0) is 18.2. The molecule has 0 saturated heterocycles. The normalized spacial score (nSPS) is 11.6. The van der Waals surface area contributed by atoms with Crippen molar-refractivity contribution in [1.82, 2.24) is 5.32 Å². The van der Waals surface area contributed by atoms with Gasteiger partial charge in [-0.3, -0.25) is 9.59 Å². The highest BCUT2D eigenvalue weighted by atomic mass is 19.1. The van der Waals surface area contributed by atoms with Gasteiger partial charge >= 0.3 is 5.97 Å². The number of carbonyl (C=O) groups is 2. The summed E-state index contributed by atoms with van der Waals surface area (Å²) in [6.07, 6.45) is 0.737. The minimum Gasteiger partial charge on any atom is -0.455 e. The van der Waals surface area contributed by atoms with Gasteiger partial charge < -0.3 is 10.1 Å². The number of nitrogens with one attached hydrogen (secondary N) is 1. The second kappa shape index (κ2) is 8.97. The summed E-state index contributed by atoms with van der Waals surface area (Å²) in [7, 11) is 0. The maximum absolute atomic E-state index is 12.8. The summed E-state index contributed by atoms with van der Waals surface area (Å²) < 4.78 is 17.8. The van der Waals surface area contributed by atoms with Crippen LogP contribution in [0.15, 0.2) is 48.5 Å². The molecule has 0 saturated carbocycles. The molecule has 4 nitrogen and oxygen atoms in total. The van der Waals surface area contributed by atoms with Gasteiger partial charge in [0.05, 0.1) is 12.5 Å². The van der Waals surface area contributed by atoms with Crippen molar-refractivity contribution in [3.8, 4) is 0 Å². The maximum Gasteiger partial charge on any atom is 0.310 e. The average molecular weight is 343 g/mol. The molecule has 0 radical (unpaired) electrons. The molecular weight excluding hydrogens is 321 g/mol. The monoisotopic (exact) mass is 343 g/mol. The molecule has 2 rings (SSSR count). The Bertz CT molecular complexity index is 711. The van der Waals surface area contributed by atoms with Gasteiger partial charge in [0.1, 0.15) is 5.82 Å². The molecule has 0 aliphatic rings. The number of benzene rings is 2. The van der Waals surface area contributed by atoms with Crippen LogP contribution in [-0.4, -0.2) is 18.5 Å². The Morgan fingerprint density at radius 2 is 1.72 bits per heavy atom. The number of aryl methyl sites for hydroxylation is 1. The highest BCUT2D eigenvalue weighted by Crippen LogP contribution is 2.17. The van der Waals surface area contributed by atoms with Gasteiger partial charge in [0, 0.05) is 0 Å². The van der Waals surface area contributed by atoms with Crippen LogP contribution in [0.3, 0.4) is 0 Å². The number of carbonyl (C=O) groups excluding carboxylic acids is 2. The Morgan fingerprint density at radius 1 is 1.08 bits per heavy atom. The van der Waals surface area contributed by atoms with Gasteiger partial charge in [-0.15, -0.1) is 0 Å². The van der Waals surface area contributed by atoms with Crippen molar-refractivity contribution < 1.29 is 18.7 Å². The summed E-state index contributed by atoms with van der Waals surface area (Å²) in [6, 6.07) is 13.4. The standard InChI is InChI=1S/C20H22FNO3/c1-3-18(16-8-4-14(2)5-9-16)22-19(23)13-25-20(24)12-15-6-10-17(21)11-7-15/h4-11,18H,3,12-13H2,1-2H3,(H,22,23)/t18-/m0/s1. The molecule has 0 unspecified atom stereocenters. The Hall–Kier alpha value is -2.69. The molecule has 0 aliphatic carbocycles. The molecule has 1 N–H and O–H groups in total. The molecule has 1 amide bonds. The molecule has 1 atom stereocenters. The molecule has 25 heavy (non-hydrogen) atoms. The van der Waals surface area contributed by atoms with Gasteiger partial charge in [-0.05, 0) is 36.6 Å². The van der Waals surface area contributed by atoms with Crippen LogP contribution in [0.1, 0.15) is 36.1 Å². The van der Waals surface area contributed by atoms with Gasteiger partial charge in [0.15, 0.2) is 6.61 Å². The highest BCUT2D eigenvalue weighted by Gasteiger charge is 2.14. The lowest BCUT2D eigenvalue weighted by molar-refractivity contribution is -0.148. The Balaban J connectivity index is 1.81. The Labute approximate surface area is 147 Å². The topological polar surface area (TPSA) is 55.4 Å². The molecule has 2 aromatic rings. The van der Waals surface area contributed by atoms with Crippen molar-refractivity contribution in [3.63, 3.8) is 0 Å². The van der Waals surface area contributed by atoms with E-state index in [9.17, 15) is 14.0 Å². The Kier molecular flexibility index (Phi) is 6.69. The van der Waals surface area contributed by atoms with Crippen molar-refractivity contribution in [3.05, 3.63) is 71.0 Å². The quantitative estimate of drug-likeness (QED) is 0.783. The van der Waals surface area contributed by atoms with Gasteiger partial charge in [-0.25, -0.2) is 4.39 Å². The summed E-state index contributed by atoms with van der Waals surface area (Å²) in [5.74, 6) is -1.23. The van der Waals surface area contributed by atoms with Gasteiger partial charge in [0.25, 0.3) is 5.91 Å². The van der Waals surface area contributed by atoms with Crippen LogP contribution >= 0.6 is 0 Å². The van der Waals surface area contributed by atoms with Crippen LogP contribution in [0.4, 0.5) is 4.39 Å². The van der Waals surface area contributed by atoms with Crippen molar-refractivity contribution in [2.75, 3.05) is 6.61 Å². The molecule has 0 heterocycles. The van der Waals surface area contributed by atoms with E-state index in [1.807, 2.05) is 38.1 Å². The summed E-state index contributed by atoms with van der Waals surface area (Å²) in [4.78, 5) is 23.8. The fraction of sp³-hybridized carbons (Fsp3) is 0.300. The highest BCUT2D eigenvalue weighted by molar-refractivity contribution is 5.81. The van der Waals surface area contributed by atoms with E-state index in [2.05, 4.69) is 5.32 Å². The van der Waals surface area contributed by atoms with Crippen LogP contribution in [0.2, 0.25) is 0 Å². The molecule has 2 aromatic carbocycles. The second-order valence-electron chi connectivity index (χ2n) is 5.90. The first kappa shape index (κ1) is 18.6. The van der Waals surface area contributed by atoms with Crippen LogP contribution in [0.25, 0.3) is 0 Å².